The lowest BCUT2D eigenvalue weighted by molar-refractivity contribution is 0.488. The third-order valence-electron chi connectivity index (χ3n) is 3.04. The van der Waals surface area contributed by atoms with E-state index in [1.807, 2.05) is 11.8 Å². The molecule has 1 atom stereocenters. The van der Waals surface area contributed by atoms with Crippen LogP contribution in [0.1, 0.15) is 12.5 Å². The molecule has 0 saturated carbocycles. The Morgan fingerprint density at radius 2 is 2.06 bits per heavy atom. The Balaban J connectivity index is 2.35. The van der Waals surface area contributed by atoms with Crippen molar-refractivity contribution in [2.45, 2.75) is 19.9 Å². The van der Waals surface area contributed by atoms with Crippen molar-refractivity contribution >= 4 is 5.69 Å². The van der Waals surface area contributed by atoms with Gasteiger partial charge in [-0.3, -0.25) is 0 Å². The summed E-state index contributed by atoms with van der Waals surface area (Å²) in [6, 6.07) is 2.75. The molecule has 2 nitrogen and oxygen atoms in total. The van der Waals surface area contributed by atoms with E-state index in [-0.39, 0.29) is 17.7 Å². The lowest BCUT2D eigenvalue weighted by atomic mass is 10.1. The predicted octanol–water partition coefficient (Wildman–Crippen LogP) is 2.07. The van der Waals surface area contributed by atoms with Crippen LogP contribution >= 0.6 is 0 Å². The summed E-state index contributed by atoms with van der Waals surface area (Å²) < 4.78 is 27.2. The zero-order valence-corrected chi connectivity index (χ0v) is 9.56. The Labute approximate surface area is 94.3 Å². The summed E-state index contributed by atoms with van der Waals surface area (Å²) in [5.74, 6) is -0.685. The number of nitrogens with one attached hydrogen (secondary N) is 1. The van der Waals surface area contributed by atoms with Gasteiger partial charge in [0.05, 0.1) is 5.69 Å². The van der Waals surface area contributed by atoms with Crippen LogP contribution in [0.5, 0.6) is 0 Å². The molecular formula is C12H16F2N2. The van der Waals surface area contributed by atoms with E-state index in [0.29, 0.717) is 17.8 Å². The zero-order valence-electron chi connectivity index (χ0n) is 9.56. The summed E-state index contributed by atoms with van der Waals surface area (Å²) in [7, 11) is 0. The SMILES string of the molecule is Cc1cc(F)c(N2CCNCC2C)cc1F. The third kappa shape index (κ3) is 2.02. The van der Waals surface area contributed by atoms with Crippen LogP contribution in [-0.4, -0.2) is 25.7 Å². The van der Waals surface area contributed by atoms with Crippen LogP contribution < -0.4 is 10.2 Å². The first-order chi connectivity index (χ1) is 7.59. The Hall–Kier alpha value is -1.16. The molecule has 0 aromatic heterocycles. The highest BCUT2D eigenvalue weighted by molar-refractivity contribution is 5.51. The number of rotatable bonds is 1. The third-order valence-corrected chi connectivity index (χ3v) is 3.04. The molecule has 0 spiro atoms. The van der Waals surface area contributed by atoms with Gasteiger partial charge in [0.15, 0.2) is 0 Å². The molecule has 1 fully saturated rings. The Kier molecular flexibility index (Phi) is 3.10. The Morgan fingerprint density at radius 1 is 1.31 bits per heavy atom. The van der Waals surface area contributed by atoms with Crippen LogP contribution in [0.2, 0.25) is 0 Å². The predicted molar refractivity (Wildman–Crippen MR) is 60.8 cm³/mol. The van der Waals surface area contributed by atoms with Crippen molar-refractivity contribution in [2.24, 2.45) is 0 Å². The molecule has 0 aliphatic carbocycles. The minimum Gasteiger partial charge on any atom is -0.364 e. The van der Waals surface area contributed by atoms with Gasteiger partial charge in [0.2, 0.25) is 0 Å². The number of halogens is 2. The van der Waals surface area contributed by atoms with E-state index in [1.165, 1.54) is 12.1 Å². The van der Waals surface area contributed by atoms with Gasteiger partial charge in [0.25, 0.3) is 0 Å². The molecule has 0 radical (unpaired) electrons. The highest BCUT2D eigenvalue weighted by Crippen LogP contribution is 2.25. The largest absolute Gasteiger partial charge is 0.364 e. The maximum Gasteiger partial charge on any atom is 0.146 e. The molecule has 1 aromatic rings. The van der Waals surface area contributed by atoms with Crippen LogP contribution in [0, 0.1) is 18.6 Å². The Morgan fingerprint density at radius 3 is 2.75 bits per heavy atom. The summed E-state index contributed by atoms with van der Waals surface area (Å²) in [6.07, 6.45) is 0. The fraction of sp³-hybridized carbons (Fsp3) is 0.500. The zero-order chi connectivity index (χ0) is 11.7. The number of benzene rings is 1. The number of nitrogens with zero attached hydrogens (tertiary/aromatic N) is 1. The maximum atomic E-state index is 13.8. The van der Waals surface area contributed by atoms with Gasteiger partial charge in [-0.1, -0.05) is 0 Å². The first kappa shape index (κ1) is 11.3. The van der Waals surface area contributed by atoms with Gasteiger partial charge in [-0.2, -0.15) is 0 Å². The topological polar surface area (TPSA) is 15.3 Å². The van der Waals surface area contributed by atoms with E-state index in [1.54, 1.807) is 6.92 Å². The van der Waals surface area contributed by atoms with Crippen molar-refractivity contribution in [1.29, 1.82) is 0 Å². The maximum absolute atomic E-state index is 13.8. The first-order valence-electron chi connectivity index (χ1n) is 5.52. The molecule has 88 valence electrons. The molecule has 16 heavy (non-hydrogen) atoms. The molecule has 0 bridgehead atoms. The van der Waals surface area contributed by atoms with Gasteiger partial charge in [-0.15, -0.1) is 0 Å². The van der Waals surface area contributed by atoms with Crippen LogP contribution in [0.3, 0.4) is 0 Å². The monoisotopic (exact) mass is 226 g/mol. The fourth-order valence-electron chi connectivity index (χ4n) is 2.05. The lowest BCUT2D eigenvalue weighted by Crippen LogP contribution is -2.50. The standard InChI is InChI=1S/C12H16F2N2/c1-8-5-11(14)12(6-10(8)13)16-4-3-15-7-9(16)2/h5-6,9,15H,3-4,7H2,1-2H3. The quantitative estimate of drug-likeness (QED) is 0.788. The fourth-order valence-corrected chi connectivity index (χ4v) is 2.05. The van der Waals surface area contributed by atoms with Crippen molar-refractivity contribution in [2.75, 3.05) is 24.5 Å². The minimum absolute atomic E-state index is 0.186. The summed E-state index contributed by atoms with van der Waals surface area (Å²) in [4.78, 5) is 1.91. The molecule has 1 heterocycles. The van der Waals surface area contributed by atoms with E-state index in [0.717, 1.165) is 13.1 Å². The second-order valence-electron chi connectivity index (χ2n) is 4.30. The Bertz CT molecular complexity index is 393. The van der Waals surface area contributed by atoms with Crippen molar-refractivity contribution in [1.82, 2.24) is 5.32 Å². The smallest absolute Gasteiger partial charge is 0.146 e. The van der Waals surface area contributed by atoms with Gasteiger partial charge >= 0.3 is 0 Å². The molecular weight excluding hydrogens is 210 g/mol. The number of hydrogen-bond acceptors (Lipinski definition) is 2. The molecule has 1 saturated heterocycles. The highest BCUT2D eigenvalue weighted by atomic mass is 19.1. The second kappa shape index (κ2) is 4.37. The highest BCUT2D eigenvalue weighted by Gasteiger charge is 2.21. The number of anilines is 1. The van der Waals surface area contributed by atoms with Crippen LogP contribution in [-0.2, 0) is 0 Å². The molecule has 1 unspecified atom stereocenters. The van der Waals surface area contributed by atoms with Crippen LogP contribution in [0.4, 0.5) is 14.5 Å². The molecule has 1 aliphatic heterocycles. The average molecular weight is 226 g/mol. The number of piperazine rings is 1. The van der Waals surface area contributed by atoms with E-state index in [2.05, 4.69) is 5.32 Å². The molecule has 2 rings (SSSR count). The van der Waals surface area contributed by atoms with Gasteiger partial charge < -0.3 is 10.2 Å². The number of aryl methyl sites for hydroxylation is 1. The van der Waals surface area contributed by atoms with Gasteiger partial charge in [-0.05, 0) is 25.5 Å². The van der Waals surface area contributed by atoms with Gasteiger partial charge in [-0.25, -0.2) is 8.78 Å². The summed E-state index contributed by atoms with van der Waals surface area (Å²) in [5.41, 5.74) is 0.723. The summed E-state index contributed by atoms with van der Waals surface area (Å²) in [6.45, 7) is 5.89. The van der Waals surface area contributed by atoms with Gasteiger partial charge in [0.1, 0.15) is 11.6 Å². The van der Waals surface area contributed by atoms with Crippen LogP contribution in [0.25, 0.3) is 0 Å². The van der Waals surface area contributed by atoms with E-state index in [4.69, 9.17) is 0 Å². The summed E-state index contributed by atoms with van der Waals surface area (Å²) in [5, 5.41) is 3.22. The van der Waals surface area contributed by atoms with Crippen LogP contribution in [0.15, 0.2) is 12.1 Å². The first-order valence-corrected chi connectivity index (χ1v) is 5.52. The molecule has 0 amide bonds. The van der Waals surface area contributed by atoms with E-state index >= 15 is 0 Å². The van der Waals surface area contributed by atoms with Crippen molar-refractivity contribution in [3.05, 3.63) is 29.3 Å². The molecule has 1 aliphatic rings. The molecule has 1 N–H and O–H groups in total. The molecule has 4 heteroatoms. The van der Waals surface area contributed by atoms with Gasteiger partial charge in [0, 0.05) is 31.7 Å². The average Bonchev–Trinajstić information content (AvgIpc) is 2.25. The van der Waals surface area contributed by atoms with Crippen molar-refractivity contribution in [3.8, 4) is 0 Å². The second-order valence-corrected chi connectivity index (χ2v) is 4.30. The summed E-state index contributed by atoms with van der Waals surface area (Å²) >= 11 is 0. The normalized spacial score (nSPS) is 21.2. The minimum atomic E-state index is -0.345. The van der Waals surface area contributed by atoms with Crippen molar-refractivity contribution in [3.63, 3.8) is 0 Å². The molecule has 1 aromatic carbocycles. The van der Waals surface area contributed by atoms with Crippen molar-refractivity contribution < 1.29 is 8.78 Å². The van der Waals surface area contributed by atoms with E-state index in [9.17, 15) is 8.78 Å². The van der Waals surface area contributed by atoms with E-state index < -0.39 is 0 Å². The number of hydrogen-bond donors (Lipinski definition) is 1. The lowest BCUT2D eigenvalue weighted by Gasteiger charge is -2.36.